The van der Waals surface area contributed by atoms with E-state index in [1.807, 2.05) is 0 Å². The van der Waals surface area contributed by atoms with Gasteiger partial charge in [-0.25, -0.2) is 9.78 Å². The van der Waals surface area contributed by atoms with Crippen LogP contribution >= 0.6 is 0 Å². The van der Waals surface area contributed by atoms with Crippen LogP contribution in [0.2, 0.25) is 0 Å². The van der Waals surface area contributed by atoms with Gasteiger partial charge in [0.05, 0.1) is 13.3 Å². The number of carbonyl (C=O) groups is 1. The van der Waals surface area contributed by atoms with Gasteiger partial charge in [-0.2, -0.15) is 0 Å². The number of aliphatic hydroxyl groups excluding tert-OH is 1. The summed E-state index contributed by atoms with van der Waals surface area (Å²) in [5.41, 5.74) is 0. The highest BCUT2D eigenvalue weighted by Crippen LogP contribution is 2.12. The molecule has 0 amide bonds. The first-order valence-electron chi connectivity index (χ1n) is 3.37. The molecule has 0 aliphatic heterocycles. The van der Waals surface area contributed by atoms with Crippen molar-refractivity contribution in [3.05, 3.63) is 17.8 Å². The maximum Gasteiger partial charge on any atom is 0.375 e. The lowest BCUT2D eigenvalue weighted by Gasteiger charge is -1.95. The van der Waals surface area contributed by atoms with Crippen LogP contribution in [-0.2, 0) is 4.74 Å². The van der Waals surface area contributed by atoms with Gasteiger partial charge in [-0.1, -0.05) is 0 Å². The molecule has 0 aromatic carbocycles. The molecule has 5 nitrogen and oxygen atoms in total. The first-order valence-corrected chi connectivity index (χ1v) is 3.37. The average Bonchev–Trinajstić information content (AvgIpc) is 2.51. The lowest BCUT2D eigenvalue weighted by atomic mass is 10.4. The minimum absolute atomic E-state index is 0.00611. The van der Waals surface area contributed by atoms with E-state index in [2.05, 4.69) is 9.72 Å². The van der Waals surface area contributed by atoms with Crippen LogP contribution in [0.25, 0.3) is 0 Å². The number of oxazole rings is 1. The number of ether oxygens (including phenoxy) is 1. The lowest BCUT2D eigenvalue weighted by Crippen LogP contribution is -1.98. The van der Waals surface area contributed by atoms with Crippen molar-refractivity contribution in [2.75, 3.05) is 7.11 Å². The van der Waals surface area contributed by atoms with Crippen molar-refractivity contribution >= 4 is 5.97 Å². The number of hydrogen-bond donors (Lipinski definition) is 1. The Morgan fingerprint density at radius 3 is 2.92 bits per heavy atom. The number of rotatable bonds is 2. The zero-order valence-corrected chi connectivity index (χ0v) is 6.77. The van der Waals surface area contributed by atoms with Gasteiger partial charge in [0.25, 0.3) is 0 Å². The summed E-state index contributed by atoms with van der Waals surface area (Å²) in [6.45, 7) is 1.49. The van der Waals surface area contributed by atoms with E-state index in [1.165, 1.54) is 20.2 Å². The van der Waals surface area contributed by atoms with Crippen molar-refractivity contribution in [2.24, 2.45) is 0 Å². The van der Waals surface area contributed by atoms with Crippen molar-refractivity contribution in [2.45, 2.75) is 13.0 Å². The van der Waals surface area contributed by atoms with E-state index in [1.54, 1.807) is 0 Å². The molecule has 0 saturated carbocycles. The maximum atomic E-state index is 10.8. The smallest absolute Gasteiger partial charge is 0.375 e. The van der Waals surface area contributed by atoms with Crippen molar-refractivity contribution in [1.82, 2.24) is 4.98 Å². The fraction of sp³-hybridized carbons (Fsp3) is 0.429. The number of methoxy groups -OCH3 is 1. The minimum Gasteiger partial charge on any atom is -0.463 e. The third-order valence-corrected chi connectivity index (χ3v) is 1.27. The largest absolute Gasteiger partial charge is 0.463 e. The average molecular weight is 171 g/mol. The van der Waals surface area contributed by atoms with Gasteiger partial charge >= 0.3 is 5.97 Å². The van der Waals surface area contributed by atoms with Crippen molar-refractivity contribution < 1.29 is 19.1 Å². The molecule has 0 aliphatic rings. The van der Waals surface area contributed by atoms with Gasteiger partial charge < -0.3 is 14.3 Å². The first-order chi connectivity index (χ1) is 5.65. The number of nitrogens with zero attached hydrogens (tertiary/aromatic N) is 1. The predicted octanol–water partition coefficient (Wildman–Crippen LogP) is 0.514. The van der Waals surface area contributed by atoms with E-state index in [9.17, 15) is 4.79 Å². The van der Waals surface area contributed by atoms with E-state index in [0.29, 0.717) is 0 Å². The molecule has 66 valence electrons. The second-order valence-electron chi connectivity index (χ2n) is 2.23. The topological polar surface area (TPSA) is 72.6 Å². The van der Waals surface area contributed by atoms with E-state index in [4.69, 9.17) is 9.52 Å². The highest BCUT2D eigenvalue weighted by atomic mass is 16.5. The highest BCUT2D eigenvalue weighted by Gasteiger charge is 2.14. The Labute approximate surface area is 69.0 Å². The molecule has 12 heavy (non-hydrogen) atoms. The molecule has 0 saturated heterocycles. The Bertz CT molecular complexity index is 279. The standard InChI is InChI=1S/C7H9NO4/c1-4(9)6-8-3-5(12-6)7(10)11-2/h3-4,9H,1-2H3. The van der Waals surface area contributed by atoms with Crippen LogP contribution in [0, 0.1) is 0 Å². The quantitative estimate of drug-likeness (QED) is 0.656. The molecule has 1 aromatic rings. The van der Waals surface area contributed by atoms with Crippen LogP contribution in [0.5, 0.6) is 0 Å². The number of aliphatic hydroxyl groups is 1. The van der Waals surface area contributed by atoms with Crippen LogP contribution in [0.15, 0.2) is 10.6 Å². The molecule has 1 N–H and O–H groups in total. The molecule has 1 unspecified atom stereocenters. The Morgan fingerprint density at radius 1 is 1.83 bits per heavy atom. The predicted molar refractivity (Wildman–Crippen MR) is 38.5 cm³/mol. The number of carbonyl (C=O) groups excluding carboxylic acids is 1. The molecule has 1 atom stereocenters. The van der Waals surface area contributed by atoms with Crippen LogP contribution < -0.4 is 0 Å². The summed E-state index contributed by atoms with van der Waals surface area (Å²) in [4.78, 5) is 14.5. The molecule has 0 bridgehead atoms. The summed E-state index contributed by atoms with van der Waals surface area (Å²) in [6, 6.07) is 0. The molecular formula is C7H9NO4. The zero-order valence-electron chi connectivity index (χ0n) is 6.77. The third kappa shape index (κ3) is 1.62. The molecule has 5 heteroatoms. The van der Waals surface area contributed by atoms with E-state index >= 15 is 0 Å². The van der Waals surface area contributed by atoms with E-state index < -0.39 is 12.1 Å². The van der Waals surface area contributed by atoms with E-state index in [0.717, 1.165) is 0 Å². The van der Waals surface area contributed by atoms with Gasteiger partial charge in [0, 0.05) is 0 Å². The Hall–Kier alpha value is -1.36. The molecule has 0 aliphatic carbocycles. The van der Waals surface area contributed by atoms with Crippen molar-refractivity contribution in [1.29, 1.82) is 0 Å². The van der Waals surface area contributed by atoms with Gasteiger partial charge in [0.1, 0.15) is 6.10 Å². The summed E-state index contributed by atoms with van der Waals surface area (Å²) in [6.07, 6.45) is 0.400. The SMILES string of the molecule is COC(=O)c1cnc(C(C)O)o1. The molecule has 0 spiro atoms. The molecule has 1 aromatic heterocycles. The summed E-state index contributed by atoms with van der Waals surface area (Å²) in [5, 5.41) is 8.98. The Morgan fingerprint density at radius 2 is 2.50 bits per heavy atom. The number of esters is 1. The van der Waals surface area contributed by atoms with Gasteiger partial charge in [-0.3, -0.25) is 0 Å². The van der Waals surface area contributed by atoms with Crippen molar-refractivity contribution in [3.8, 4) is 0 Å². The zero-order chi connectivity index (χ0) is 9.14. The monoisotopic (exact) mass is 171 g/mol. The normalized spacial score (nSPS) is 12.6. The molecular weight excluding hydrogens is 162 g/mol. The maximum absolute atomic E-state index is 10.8. The Kier molecular flexibility index (Phi) is 2.44. The minimum atomic E-state index is -0.816. The first kappa shape index (κ1) is 8.73. The Balaban J connectivity index is 2.84. The summed E-state index contributed by atoms with van der Waals surface area (Å²) in [5.74, 6) is -0.502. The summed E-state index contributed by atoms with van der Waals surface area (Å²) in [7, 11) is 1.24. The van der Waals surface area contributed by atoms with E-state index in [-0.39, 0.29) is 11.7 Å². The van der Waals surface area contributed by atoms with Crippen LogP contribution in [0.1, 0.15) is 29.5 Å². The van der Waals surface area contributed by atoms with Crippen LogP contribution in [0.3, 0.4) is 0 Å². The van der Waals surface area contributed by atoms with Crippen LogP contribution in [-0.4, -0.2) is 23.2 Å². The molecule has 0 radical (unpaired) electrons. The number of aromatic nitrogens is 1. The summed E-state index contributed by atoms with van der Waals surface area (Å²) >= 11 is 0. The van der Waals surface area contributed by atoms with Crippen LogP contribution in [0.4, 0.5) is 0 Å². The lowest BCUT2D eigenvalue weighted by molar-refractivity contribution is 0.0556. The third-order valence-electron chi connectivity index (χ3n) is 1.27. The molecule has 1 rings (SSSR count). The van der Waals surface area contributed by atoms with Gasteiger partial charge in [-0.15, -0.1) is 0 Å². The van der Waals surface area contributed by atoms with Gasteiger partial charge in [0.2, 0.25) is 11.7 Å². The highest BCUT2D eigenvalue weighted by molar-refractivity contribution is 5.85. The van der Waals surface area contributed by atoms with Crippen molar-refractivity contribution in [3.63, 3.8) is 0 Å². The van der Waals surface area contributed by atoms with Gasteiger partial charge in [0.15, 0.2) is 0 Å². The molecule has 0 fully saturated rings. The second kappa shape index (κ2) is 3.36. The fourth-order valence-electron chi connectivity index (χ4n) is 0.676. The summed E-state index contributed by atoms with van der Waals surface area (Å²) < 4.78 is 9.24. The van der Waals surface area contributed by atoms with Gasteiger partial charge in [-0.05, 0) is 6.92 Å². The number of hydrogen-bond acceptors (Lipinski definition) is 5. The molecule has 1 heterocycles. The second-order valence-corrected chi connectivity index (χ2v) is 2.23. The fourth-order valence-corrected chi connectivity index (χ4v) is 0.676.